The van der Waals surface area contributed by atoms with Crippen LogP contribution in [-0.2, 0) is 11.2 Å². The van der Waals surface area contributed by atoms with Crippen molar-refractivity contribution in [3.8, 4) is 5.75 Å². The highest BCUT2D eigenvalue weighted by Gasteiger charge is 2.08. The lowest BCUT2D eigenvalue weighted by Gasteiger charge is -2.11. The maximum absolute atomic E-state index is 12.3. The zero-order valence-corrected chi connectivity index (χ0v) is 18.4. The van der Waals surface area contributed by atoms with Crippen molar-refractivity contribution >= 4 is 23.2 Å². The molecule has 0 radical (unpaired) electrons. The summed E-state index contributed by atoms with van der Waals surface area (Å²) in [7, 11) is 0. The number of benzene rings is 3. The van der Waals surface area contributed by atoms with Gasteiger partial charge in [-0.2, -0.15) is 0 Å². The lowest BCUT2D eigenvalue weighted by atomic mass is 10.1. The minimum atomic E-state index is -0.181. The van der Waals surface area contributed by atoms with Crippen LogP contribution in [-0.4, -0.2) is 31.0 Å². The average molecular weight is 432 g/mol. The molecule has 32 heavy (non-hydrogen) atoms. The first kappa shape index (κ1) is 22.9. The number of anilines is 2. The Morgan fingerprint density at radius 3 is 2.34 bits per heavy atom. The second kappa shape index (κ2) is 11.6. The highest BCUT2D eigenvalue weighted by molar-refractivity contribution is 5.96. The molecule has 6 heteroatoms. The molecular weight excluding hydrogens is 402 g/mol. The van der Waals surface area contributed by atoms with Gasteiger partial charge in [-0.3, -0.25) is 9.59 Å². The Bertz CT molecular complexity index is 1020. The third kappa shape index (κ3) is 7.47. The molecule has 0 fully saturated rings. The molecule has 0 bridgehead atoms. The van der Waals surface area contributed by atoms with Crippen LogP contribution in [0.15, 0.2) is 78.9 Å². The fraction of sp³-hybridized carbons (Fsp3) is 0.231. The second-order valence-electron chi connectivity index (χ2n) is 7.72. The van der Waals surface area contributed by atoms with Crippen molar-refractivity contribution in [1.82, 2.24) is 5.32 Å². The fourth-order valence-corrected chi connectivity index (χ4v) is 3.07. The van der Waals surface area contributed by atoms with Crippen molar-refractivity contribution in [3.05, 3.63) is 90.0 Å². The van der Waals surface area contributed by atoms with E-state index in [1.165, 1.54) is 5.56 Å². The van der Waals surface area contributed by atoms with Gasteiger partial charge in [0.2, 0.25) is 5.91 Å². The molecule has 0 aliphatic heterocycles. The molecule has 0 atom stereocenters. The number of hydrogen-bond acceptors (Lipinski definition) is 4. The van der Waals surface area contributed by atoms with Gasteiger partial charge in [0.15, 0.2) is 0 Å². The summed E-state index contributed by atoms with van der Waals surface area (Å²) >= 11 is 0. The van der Waals surface area contributed by atoms with E-state index in [1.54, 1.807) is 18.2 Å². The van der Waals surface area contributed by atoms with Crippen LogP contribution in [0.25, 0.3) is 0 Å². The molecule has 166 valence electrons. The van der Waals surface area contributed by atoms with E-state index in [0.29, 0.717) is 23.5 Å². The summed E-state index contributed by atoms with van der Waals surface area (Å²) in [5.41, 5.74) is 3.18. The van der Waals surface area contributed by atoms with Gasteiger partial charge in [-0.25, -0.2) is 0 Å². The Morgan fingerprint density at radius 2 is 1.62 bits per heavy atom. The Labute approximate surface area is 189 Å². The summed E-state index contributed by atoms with van der Waals surface area (Å²) in [5, 5.41) is 8.75. The van der Waals surface area contributed by atoms with Crippen LogP contribution < -0.4 is 20.7 Å². The van der Waals surface area contributed by atoms with E-state index in [0.717, 1.165) is 12.2 Å². The minimum absolute atomic E-state index is 0.0607. The molecule has 0 unspecified atom stereocenters. The molecule has 0 heterocycles. The zero-order valence-electron chi connectivity index (χ0n) is 18.4. The molecule has 3 aromatic carbocycles. The predicted molar refractivity (Wildman–Crippen MR) is 128 cm³/mol. The van der Waals surface area contributed by atoms with E-state index in [-0.39, 0.29) is 24.4 Å². The number of amides is 2. The summed E-state index contributed by atoms with van der Waals surface area (Å²) < 4.78 is 5.77. The zero-order chi connectivity index (χ0) is 22.8. The number of nitrogens with one attached hydrogen (secondary N) is 3. The van der Waals surface area contributed by atoms with Gasteiger partial charge in [0.25, 0.3) is 5.91 Å². The van der Waals surface area contributed by atoms with Crippen molar-refractivity contribution in [2.75, 3.05) is 23.8 Å². The van der Waals surface area contributed by atoms with Crippen LogP contribution in [0.4, 0.5) is 11.4 Å². The number of hydrogen-bond donors (Lipinski definition) is 3. The summed E-state index contributed by atoms with van der Waals surface area (Å²) in [6.07, 6.45) is 0.839. The van der Waals surface area contributed by atoms with E-state index in [2.05, 4.69) is 28.1 Å². The SMILES string of the molecule is CC(C)NC(=O)c1cccc(NCC(=O)Nc2ccc(OCCc3ccccc3)cc2)c1. The van der Waals surface area contributed by atoms with Crippen molar-refractivity contribution in [2.45, 2.75) is 26.3 Å². The largest absolute Gasteiger partial charge is 0.493 e. The maximum atomic E-state index is 12.3. The van der Waals surface area contributed by atoms with Gasteiger partial charge in [0.1, 0.15) is 5.75 Å². The Kier molecular flexibility index (Phi) is 8.26. The van der Waals surface area contributed by atoms with Crippen molar-refractivity contribution in [1.29, 1.82) is 0 Å². The van der Waals surface area contributed by atoms with Gasteiger partial charge in [0, 0.05) is 29.4 Å². The topological polar surface area (TPSA) is 79.5 Å². The molecule has 0 aliphatic rings. The van der Waals surface area contributed by atoms with Crippen LogP contribution >= 0.6 is 0 Å². The Balaban J connectivity index is 1.43. The molecule has 0 aromatic heterocycles. The second-order valence-corrected chi connectivity index (χ2v) is 7.72. The monoisotopic (exact) mass is 431 g/mol. The van der Waals surface area contributed by atoms with Gasteiger partial charge >= 0.3 is 0 Å². The molecule has 0 spiro atoms. The molecular formula is C26H29N3O3. The Hall–Kier alpha value is -3.80. The van der Waals surface area contributed by atoms with Gasteiger partial charge in [-0.1, -0.05) is 36.4 Å². The first-order chi connectivity index (χ1) is 15.5. The average Bonchev–Trinajstić information content (AvgIpc) is 2.79. The number of rotatable bonds is 10. The van der Waals surface area contributed by atoms with E-state index >= 15 is 0 Å². The van der Waals surface area contributed by atoms with Crippen LogP contribution in [0.2, 0.25) is 0 Å². The number of carbonyl (C=O) groups excluding carboxylic acids is 2. The highest BCUT2D eigenvalue weighted by Crippen LogP contribution is 2.16. The summed E-state index contributed by atoms with van der Waals surface area (Å²) in [4.78, 5) is 24.4. The third-order valence-corrected chi connectivity index (χ3v) is 4.64. The summed E-state index contributed by atoms with van der Waals surface area (Å²) in [6, 6.07) is 24.6. The minimum Gasteiger partial charge on any atom is -0.493 e. The first-order valence-corrected chi connectivity index (χ1v) is 10.7. The lowest BCUT2D eigenvalue weighted by molar-refractivity contribution is -0.114. The molecule has 2 amide bonds. The molecule has 3 rings (SSSR count). The van der Waals surface area contributed by atoms with E-state index in [9.17, 15) is 9.59 Å². The van der Waals surface area contributed by atoms with E-state index < -0.39 is 0 Å². The number of carbonyl (C=O) groups is 2. The summed E-state index contributed by atoms with van der Waals surface area (Å²) in [6.45, 7) is 4.50. The van der Waals surface area contributed by atoms with Gasteiger partial charge < -0.3 is 20.7 Å². The van der Waals surface area contributed by atoms with Crippen molar-refractivity contribution in [3.63, 3.8) is 0 Å². The predicted octanol–water partition coefficient (Wildman–Crippen LogP) is 4.50. The third-order valence-electron chi connectivity index (χ3n) is 4.64. The molecule has 0 saturated carbocycles. The molecule has 0 saturated heterocycles. The lowest BCUT2D eigenvalue weighted by Crippen LogP contribution is -2.30. The van der Waals surface area contributed by atoms with Crippen LogP contribution in [0.5, 0.6) is 5.75 Å². The van der Waals surface area contributed by atoms with Gasteiger partial charge in [0.05, 0.1) is 13.2 Å². The van der Waals surface area contributed by atoms with Gasteiger partial charge in [-0.05, 0) is 61.9 Å². The smallest absolute Gasteiger partial charge is 0.251 e. The van der Waals surface area contributed by atoms with Crippen molar-refractivity contribution in [2.24, 2.45) is 0 Å². The van der Waals surface area contributed by atoms with Crippen LogP contribution in [0, 0.1) is 0 Å². The Morgan fingerprint density at radius 1 is 0.875 bits per heavy atom. The maximum Gasteiger partial charge on any atom is 0.251 e. The van der Waals surface area contributed by atoms with E-state index in [4.69, 9.17) is 4.74 Å². The molecule has 3 N–H and O–H groups in total. The van der Waals surface area contributed by atoms with Crippen LogP contribution in [0.3, 0.4) is 0 Å². The highest BCUT2D eigenvalue weighted by atomic mass is 16.5. The molecule has 3 aromatic rings. The molecule has 0 aliphatic carbocycles. The first-order valence-electron chi connectivity index (χ1n) is 10.7. The van der Waals surface area contributed by atoms with Gasteiger partial charge in [-0.15, -0.1) is 0 Å². The van der Waals surface area contributed by atoms with E-state index in [1.807, 2.05) is 62.4 Å². The fourth-order valence-electron chi connectivity index (χ4n) is 3.07. The van der Waals surface area contributed by atoms with Crippen molar-refractivity contribution < 1.29 is 14.3 Å². The van der Waals surface area contributed by atoms with Crippen LogP contribution in [0.1, 0.15) is 29.8 Å². The normalized spacial score (nSPS) is 10.5. The quantitative estimate of drug-likeness (QED) is 0.442. The number of ether oxygens (including phenoxy) is 1. The standard InChI is InChI=1S/C26H29N3O3/c1-19(2)28-26(31)21-9-6-10-23(17-21)27-18-25(30)29-22-11-13-24(14-12-22)32-16-15-20-7-4-3-5-8-20/h3-14,17,19,27H,15-16,18H2,1-2H3,(H,28,31)(H,29,30). The summed E-state index contributed by atoms with van der Waals surface area (Å²) in [5.74, 6) is 0.438. The molecule has 6 nitrogen and oxygen atoms in total.